The summed E-state index contributed by atoms with van der Waals surface area (Å²) in [5.41, 5.74) is 1.83. The van der Waals surface area contributed by atoms with Crippen LogP contribution in [0.15, 0.2) is 42.5 Å². The summed E-state index contributed by atoms with van der Waals surface area (Å²) in [6, 6.07) is 12.9. The molecule has 2 aliphatic heterocycles. The van der Waals surface area contributed by atoms with Crippen LogP contribution in [0.2, 0.25) is 0 Å². The van der Waals surface area contributed by atoms with Crippen molar-refractivity contribution in [2.24, 2.45) is 0 Å². The molecule has 7 heteroatoms. The molecule has 2 aromatic rings. The Morgan fingerprint density at radius 3 is 2.79 bits per heavy atom. The van der Waals surface area contributed by atoms with Crippen LogP contribution >= 0.6 is 0 Å². The number of halogens is 1. The SMILES string of the molecule is COc1ccc2c(c1)O[C@@H](C)CN(CCC(=O)N1CCCN(Cc3ccccc3F)CC1)C2. The van der Waals surface area contributed by atoms with E-state index in [0.29, 0.717) is 31.6 Å². The lowest BCUT2D eigenvalue weighted by atomic mass is 10.1. The molecule has 0 radical (unpaired) electrons. The van der Waals surface area contributed by atoms with E-state index in [1.807, 2.05) is 35.2 Å². The third kappa shape index (κ3) is 6.24. The number of methoxy groups -OCH3 is 1. The standard InChI is InChI=1S/C26H34FN3O3/c1-20-17-29(19-22-8-9-23(32-2)16-25(22)33-20)13-10-26(31)30-12-5-11-28(14-15-30)18-21-6-3-4-7-24(21)27/h3-4,6-9,16,20H,5,10-15,17-19H2,1-2H3/t20-/m0/s1. The topological polar surface area (TPSA) is 45.3 Å². The molecule has 2 aromatic carbocycles. The lowest BCUT2D eigenvalue weighted by Gasteiger charge is -2.25. The number of hydrogen-bond donors (Lipinski definition) is 0. The number of carbonyl (C=O) groups excluding carboxylic acids is 1. The first-order chi connectivity index (χ1) is 16.0. The van der Waals surface area contributed by atoms with E-state index in [1.54, 1.807) is 13.2 Å². The van der Waals surface area contributed by atoms with Crippen LogP contribution in [-0.4, -0.2) is 73.1 Å². The van der Waals surface area contributed by atoms with Gasteiger partial charge in [0.05, 0.1) is 7.11 Å². The second-order valence-electron chi connectivity index (χ2n) is 8.99. The van der Waals surface area contributed by atoms with Crippen molar-refractivity contribution in [1.82, 2.24) is 14.7 Å². The first kappa shape index (κ1) is 23.5. The van der Waals surface area contributed by atoms with E-state index >= 15 is 0 Å². The molecule has 0 N–H and O–H groups in total. The van der Waals surface area contributed by atoms with Crippen molar-refractivity contribution < 1.29 is 18.7 Å². The Morgan fingerprint density at radius 1 is 1.12 bits per heavy atom. The molecule has 0 aromatic heterocycles. The van der Waals surface area contributed by atoms with Gasteiger partial charge in [-0.05, 0) is 25.5 Å². The van der Waals surface area contributed by atoms with E-state index in [1.165, 1.54) is 6.07 Å². The van der Waals surface area contributed by atoms with Crippen molar-refractivity contribution >= 4 is 5.91 Å². The molecule has 1 saturated heterocycles. The highest BCUT2D eigenvalue weighted by atomic mass is 19.1. The number of fused-ring (bicyclic) bond motifs is 1. The predicted octanol–water partition coefficient (Wildman–Crippen LogP) is 3.54. The number of hydrogen-bond acceptors (Lipinski definition) is 5. The molecule has 4 rings (SSSR count). The minimum Gasteiger partial charge on any atom is -0.497 e. The Bertz CT molecular complexity index is 954. The highest BCUT2D eigenvalue weighted by Gasteiger charge is 2.24. The largest absolute Gasteiger partial charge is 0.497 e. The zero-order valence-electron chi connectivity index (χ0n) is 19.6. The van der Waals surface area contributed by atoms with E-state index in [9.17, 15) is 9.18 Å². The molecule has 0 saturated carbocycles. The van der Waals surface area contributed by atoms with Crippen molar-refractivity contribution in [3.63, 3.8) is 0 Å². The maximum atomic E-state index is 14.0. The van der Waals surface area contributed by atoms with Gasteiger partial charge in [0.2, 0.25) is 5.91 Å². The Morgan fingerprint density at radius 2 is 1.97 bits per heavy atom. The van der Waals surface area contributed by atoms with Crippen LogP contribution in [0.1, 0.15) is 30.9 Å². The molecule has 2 heterocycles. The van der Waals surface area contributed by atoms with E-state index in [4.69, 9.17) is 9.47 Å². The summed E-state index contributed by atoms with van der Waals surface area (Å²) in [7, 11) is 1.65. The van der Waals surface area contributed by atoms with Crippen LogP contribution in [0.4, 0.5) is 4.39 Å². The van der Waals surface area contributed by atoms with Crippen LogP contribution in [0.5, 0.6) is 11.5 Å². The summed E-state index contributed by atoms with van der Waals surface area (Å²) in [4.78, 5) is 19.5. The Kier molecular flexibility index (Phi) is 7.83. The third-order valence-electron chi connectivity index (χ3n) is 6.45. The van der Waals surface area contributed by atoms with Crippen molar-refractivity contribution in [2.75, 3.05) is 46.4 Å². The fourth-order valence-corrected chi connectivity index (χ4v) is 4.65. The highest BCUT2D eigenvalue weighted by molar-refractivity contribution is 5.76. The molecule has 6 nitrogen and oxygen atoms in total. The summed E-state index contributed by atoms with van der Waals surface area (Å²) in [6.07, 6.45) is 1.44. The highest BCUT2D eigenvalue weighted by Crippen LogP contribution is 2.29. The lowest BCUT2D eigenvalue weighted by molar-refractivity contribution is -0.131. The molecule has 178 valence electrons. The van der Waals surface area contributed by atoms with Gasteiger partial charge in [-0.15, -0.1) is 0 Å². The van der Waals surface area contributed by atoms with Gasteiger partial charge in [-0.1, -0.05) is 24.3 Å². The van der Waals surface area contributed by atoms with Crippen LogP contribution in [0.25, 0.3) is 0 Å². The van der Waals surface area contributed by atoms with Crippen LogP contribution in [0.3, 0.4) is 0 Å². The van der Waals surface area contributed by atoms with Gasteiger partial charge in [0.15, 0.2) is 0 Å². The molecule has 1 atom stereocenters. The second-order valence-corrected chi connectivity index (χ2v) is 8.99. The number of rotatable bonds is 6. The molecular formula is C26H34FN3O3. The van der Waals surface area contributed by atoms with Gasteiger partial charge in [0.1, 0.15) is 23.4 Å². The number of ether oxygens (including phenoxy) is 2. The van der Waals surface area contributed by atoms with Crippen molar-refractivity contribution in [1.29, 1.82) is 0 Å². The Balaban J connectivity index is 1.29. The van der Waals surface area contributed by atoms with Gasteiger partial charge in [-0.3, -0.25) is 14.6 Å². The lowest BCUT2D eigenvalue weighted by Crippen LogP contribution is -2.38. The smallest absolute Gasteiger partial charge is 0.223 e. The molecule has 1 amide bonds. The monoisotopic (exact) mass is 455 g/mol. The van der Waals surface area contributed by atoms with Crippen molar-refractivity contribution in [3.8, 4) is 11.5 Å². The molecule has 0 aliphatic carbocycles. The zero-order valence-corrected chi connectivity index (χ0v) is 19.6. The minimum atomic E-state index is -0.162. The molecule has 0 spiro atoms. The molecule has 33 heavy (non-hydrogen) atoms. The normalized spacial score (nSPS) is 19.8. The summed E-state index contributed by atoms with van der Waals surface area (Å²) >= 11 is 0. The Labute approximate surface area is 195 Å². The average molecular weight is 456 g/mol. The third-order valence-corrected chi connectivity index (χ3v) is 6.45. The summed E-state index contributed by atoms with van der Waals surface area (Å²) in [5.74, 6) is 1.67. The number of carbonyl (C=O) groups is 1. The molecule has 0 unspecified atom stereocenters. The van der Waals surface area contributed by atoms with E-state index in [0.717, 1.165) is 56.2 Å². The van der Waals surface area contributed by atoms with Gasteiger partial charge >= 0.3 is 0 Å². The van der Waals surface area contributed by atoms with E-state index < -0.39 is 0 Å². The van der Waals surface area contributed by atoms with Gasteiger partial charge in [-0.2, -0.15) is 0 Å². The number of benzene rings is 2. The number of nitrogens with zero attached hydrogens (tertiary/aromatic N) is 3. The molecule has 2 aliphatic rings. The first-order valence-corrected chi connectivity index (χ1v) is 11.8. The van der Waals surface area contributed by atoms with Gasteiger partial charge < -0.3 is 14.4 Å². The zero-order chi connectivity index (χ0) is 23.2. The summed E-state index contributed by atoms with van der Waals surface area (Å²) in [6.45, 7) is 7.97. The quantitative estimate of drug-likeness (QED) is 0.667. The number of amides is 1. The molecule has 0 bridgehead atoms. The fourth-order valence-electron chi connectivity index (χ4n) is 4.65. The predicted molar refractivity (Wildman–Crippen MR) is 126 cm³/mol. The second kappa shape index (κ2) is 11.0. The van der Waals surface area contributed by atoms with Crippen molar-refractivity contribution in [2.45, 2.75) is 39.0 Å². The van der Waals surface area contributed by atoms with Crippen molar-refractivity contribution in [3.05, 3.63) is 59.4 Å². The van der Waals surface area contributed by atoms with Gasteiger partial charge in [0.25, 0.3) is 0 Å². The molecular weight excluding hydrogens is 421 g/mol. The first-order valence-electron chi connectivity index (χ1n) is 11.8. The van der Waals surface area contributed by atoms with E-state index in [2.05, 4.69) is 16.7 Å². The van der Waals surface area contributed by atoms with Gasteiger partial charge in [0, 0.05) is 76.0 Å². The van der Waals surface area contributed by atoms with Gasteiger partial charge in [-0.25, -0.2) is 4.39 Å². The summed E-state index contributed by atoms with van der Waals surface area (Å²) in [5, 5.41) is 0. The average Bonchev–Trinajstić information content (AvgIpc) is 3.14. The van der Waals surface area contributed by atoms with Crippen LogP contribution < -0.4 is 9.47 Å². The van der Waals surface area contributed by atoms with E-state index in [-0.39, 0.29) is 17.8 Å². The molecule has 1 fully saturated rings. The Hall–Kier alpha value is -2.64. The minimum absolute atomic E-state index is 0.0404. The van der Waals surface area contributed by atoms with Crippen LogP contribution in [-0.2, 0) is 17.9 Å². The maximum absolute atomic E-state index is 14.0. The fraction of sp³-hybridized carbons (Fsp3) is 0.500. The van der Waals surface area contributed by atoms with Crippen LogP contribution in [0, 0.1) is 5.82 Å². The summed E-state index contributed by atoms with van der Waals surface area (Å²) < 4.78 is 25.4. The maximum Gasteiger partial charge on any atom is 0.223 e.